The zero-order valence-corrected chi connectivity index (χ0v) is 22.8. The number of para-hydroxylation sites is 4. The van der Waals surface area contributed by atoms with Gasteiger partial charge >= 0.3 is 0 Å². The molecule has 0 aliphatic carbocycles. The van der Waals surface area contributed by atoms with Crippen molar-refractivity contribution in [1.82, 2.24) is 14.1 Å². The van der Waals surface area contributed by atoms with E-state index in [1.807, 2.05) is 0 Å². The average Bonchev–Trinajstić information content (AvgIpc) is 3.58. The van der Waals surface area contributed by atoms with Gasteiger partial charge < -0.3 is 9.13 Å². The van der Waals surface area contributed by atoms with Crippen molar-refractivity contribution in [2.24, 2.45) is 0 Å². The van der Waals surface area contributed by atoms with Crippen LogP contribution in [0, 0.1) is 0 Å². The lowest BCUT2D eigenvalue weighted by Crippen LogP contribution is -2.01. The van der Waals surface area contributed by atoms with Gasteiger partial charge in [-0.15, -0.1) is 0 Å². The van der Waals surface area contributed by atoms with Gasteiger partial charge in [-0.25, -0.2) is 4.98 Å². The zero-order chi connectivity index (χ0) is 27.6. The van der Waals surface area contributed by atoms with Gasteiger partial charge in [-0.05, 0) is 36.4 Å². The Morgan fingerprint density at radius 3 is 1.62 bits per heavy atom. The number of nitrogens with zero attached hydrogens (tertiary/aromatic N) is 3. The van der Waals surface area contributed by atoms with E-state index in [0.717, 1.165) is 33.5 Å². The van der Waals surface area contributed by atoms with Gasteiger partial charge in [0.05, 0.1) is 39.0 Å². The Labute approximate surface area is 242 Å². The molecule has 0 atom stereocenters. The lowest BCUT2D eigenvalue weighted by Gasteiger charge is -2.15. The van der Waals surface area contributed by atoms with Crippen molar-refractivity contribution in [2.45, 2.75) is 0 Å². The van der Waals surface area contributed by atoms with Gasteiger partial charge in [-0.2, -0.15) is 0 Å². The monoisotopic (exact) mass is 535 g/mol. The lowest BCUT2D eigenvalue weighted by molar-refractivity contribution is 1.15. The third-order valence-corrected chi connectivity index (χ3v) is 8.49. The first-order chi connectivity index (χ1) is 20.9. The molecule has 196 valence electrons. The smallest absolute Gasteiger partial charge is 0.0789 e. The van der Waals surface area contributed by atoms with Gasteiger partial charge in [0.2, 0.25) is 0 Å². The van der Waals surface area contributed by atoms with Gasteiger partial charge in [0, 0.05) is 38.2 Å². The second kappa shape index (κ2) is 8.92. The number of rotatable bonds is 3. The average molecular weight is 536 g/mol. The van der Waals surface area contributed by atoms with Crippen molar-refractivity contribution < 1.29 is 0 Å². The Balaban J connectivity index is 1.53. The number of pyridine rings is 1. The summed E-state index contributed by atoms with van der Waals surface area (Å²) in [5, 5.41) is 6.09. The summed E-state index contributed by atoms with van der Waals surface area (Å²) >= 11 is 0. The highest BCUT2D eigenvalue weighted by molar-refractivity contribution is 6.24. The fourth-order valence-corrected chi connectivity index (χ4v) is 6.70. The molecule has 0 fully saturated rings. The summed E-state index contributed by atoms with van der Waals surface area (Å²) < 4.78 is 4.91. The highest BCUT2D eigenvalue weighted by Crippen LogP contribution is 2.42. The molecule has 9 aromatic rings. The van der Waals surface area contributed by atoms with Crippen molar-refractivity contribution in [3.63, 3.8) is 0 Å². The predicted molar refractivity (Wildman–Crippen MR) is 176 cm³/mol. The van der Waals surface area contributed by atoms with Gasteiger partial charge in [-0.1, -0.05) is 115 Å². The van der Waals surface area contributed by atoms with Crippen LogP contribution in [0.4, 0.5) is 0 Å². The summed E-state index contributed by atoms with van der Waals surface area (Å²) in [6.07, 6.45) is 0. The van der Waals surface area contributed by atoms with E-state index in [0.29, 0.717) is 0 Å². The van der Waals surface area contributed by atoms with Crippen LogP contribution in [0.1, 0.15) is 0 Å². The van der Waals surface area contributed by atoms with Crippen molar-refractivity contribution in [3.8, 4) is 22.6 Å². The Morgan fingerprint density at radius 1 is 0.405 bits per heavy atom. The summed E-state index contributed by atoms with van der Waals surface area (Å²) in [5.41, 5.74) is 10.1. The minimum Gasteiger partial charge on any atom is -0.307 e. The molecule has 3 heterocycles. The number of hydrogen-bond donors (Lipinski definition) is 0. The number of benzene rings is 6. The zero-order valence-electron chi connectivity index (χ0n) is 22.8. The molecule has 0 saturated carbocycles. The third-order valence-electron chi connectivity index (χ3n) is 8.49. The molecule has 9 rings (SSSR count). The molecule has 3 aromatic heterocycles. The normalized spacial score (nSPS) is 11.8. The van der Waals surface area contributed by atoms with E-state index in [2.05, 4.69) is 161 Å². The fraction of sp³-hybridized carbons (Fsp3) is 0. The van der Waals surface area contributed by atoms with E-state index < -0.39 is 0 Å². The first-order valence-corrected chi connectivity index (χ1v) is 14.3. The topological polar surface area (TPSA) is 22.8 Å². The SMILES string of the molecule is c1ccc(-c2cc(-n3c4ccccc4c4ccc5c6ccccc6n(-c6ccccc6)c5c43)c3ccccc3n2)cc1. The molecule has 6 aromatic carbocycles. The van der Waals surface area contributed by atoms with Crippen molar-refractivity contribution >= 4 is 54.5 Å². The Hall–Kier alpha value is -5.67. The molecule has 0 amide bonds. The van der Waals surface area contributed by atoms with Gasteiger partial charge in [0.1, 0.15) is 0 Å². The fourth-order valence-electron chi connectivity index (χ4n) is 6.70. The largest absolute Gasteiger partial charge is 0.307 e. The number of aromatic nitrogens is 3. The van der Waals surface area contributed by atoms with Crippen LogP contribution in [0.2, 0.25) is 0 Å². The van der Waals surface area contributed by atoms with Gasteiger partial charge in [0.25, 0.3) is 0 Å². The third kappa shape index (κ3) is 3.25. The van der Waals surface area contributed by atoms with Crippen LogP contribution in [-0.2, 0) is 0 Å². The first kappa shape index (κ1) is 23.1. The van der Waals surface area contributed by atoms with Crippen LogP contribution in [-0.4, -0.2) is 14.1 Å². The van der Waals surface area contributed by atoms with Crippen molar-refractivity contribution in [1.29, 1.82) is 0 Å². The molecule has 0 aliphatic heterocycles. The van der Waals surface area contributed by atoms with Gasteiger partial charge in [-0.3, -0.25) is 0 Å². The molecule has 3 heteroatoms. The molecule has 0 aliphatic rings. The molecule has 42 heavy (non-hydrogen) atoms. The summed E-state index contributed by atoms with van der Waals surface area (Å²) in [6, 6.07) is 54.1. The predicted octanol–water partition coefficient (Wildman–Crippen LogP) is 10.1. The van der Waals surface area contributed by atoms with E-state index in [9.17, 15) is 0 Å². The van der Waals surface area contributed by atoms with E-state index in [1.165, 1.54) is 43.6 Å². The Morgan fingerprint density at radius 2 is 0.929 bits per heavy atom. The first-order valence-electron chi connectivity index (χ1n) is 14.3. The summed E-state index contributed by atoms with van der Waals surface area (Å²) in [6.45, 7) is 0. The molecule has 0 bridgehead atoms. The quantitative estimate of drug-likeness (QED) is 0.221. The maximum atomic E-state index is 5.12. The Bertz CT molecular complexity index is 2450. The molecule has 0 unspecified atom stereocenters. The summed E-state index contributed by atoms with van der Waals surface area (Å²) in [7, 11) is 0. The maximum absolute atomic E-state index is 5.12. The summed E-state index contributed by atoms with van der Waals surface area (Å²) in [4.78, 5) is 5.12. The number of hydrogen-bond acceptors (Lipinski definition) is 1. The lowest BCUT2D eigenvalue weighted by atomic mass is 10.1. The molecule has 0 N–H and O–H groups in total. The van der Waals surface area contributed by atoms with Crippen LogP contribution >= 0.6 is 0 Å². The highest BCUT2D eigenvalue weighted by Gasteiger charge is 2.22. The van der Waals surface area contributed by atoms with Crippen molar-refractivity contribution in [3.05, 3.63) is 152 Å². The van der Waals surface area contributed by atoms with Crippen LogP contribution in [0.25, 0.3) is 77.1 Å². The van der Waals surface area contributed by atoms with Crippen LogP contribution < -0.4 is 0 Å². The van der Waals surface area contributed by atoms with E-state index >= 15 is 0 Å². The molecule has 3 nitrogen and oxygen atoms in total. The van der Waals surface area contributed by atoms with Crippen LogP contribution in [0.5, 0.6) is 0 Å². The standard InChI is InChI=1S/C39H25N3/c1-3-13-26(14-4-1)34-25-37(32-19-7-10-20-33(32)40-34)42-36-22-12-9-18-29(36)31-24-23-30-28-17-8-11-21-35(28)41(38(30)39(31)42)27-15-5-2-6-16-27/h1-25H. The second-order valence-corrected chi connectivity index (χ2v) is 10.8. The molecular formula is C39H25N3. The molecular weight excluding hydrogens is 510 g/mol. The maximum Gasteiger partial charge on any atom is 0.0789 e. The van der Waals surface area contributed by atoms with Gasteiger partial charge in [0.15, 0.2) is 0 Å². The van der Waals surface area contributed by atoms with E-state index in [-0.39, 0.29) is 0 Å². The number of fused-ring (bicyclic) bond motifs is 8. The highest BCUT2D eigenvalue weighted by atomic mass is 15.0. The van der Waals surface area contributed by atoms with E-state index in [4.69, 9.17) is 4.98 Å². The minimum atomic E-state index is 0.964. The Kier molecular flexibility index (Phi) is 4.90. The van der Waals surface area contributed by atoms with Crippen LogP contribution in [0.3, 0.4) is 0 Å². The summed E-state index contributed by atoms with van der Waals surface area (Å²) in [5.74, 6) is 0. The molecule has 0 radical (unpaired) electrons. The van der Waals surface area contributed by atoms with Crippen molar-refractivity contribution in [2.75, 3.05) is 0 Å². The molecule has 0 spiro atoms. The molecule has 0 saturated heterocycles. The minimum absolute atomic E-state index is 0.964. The second-order valence-electron chi connectivity index (χ2n) is 10.8. The van der Waals surface area contributed by atoms with Crippen LogP contribution in [0.15, 0.2) is 152 Å². The van der Waals surface area contributed by atoms with E-state index in [1.54, 1.807) is 0 Å².